The van der Waals surface area contributed by atoms with Gasteiger partial charge in [-0.25, -0.2) is 0 Å². The third-order valence-electron chi connectivity index (χ3n) is 10.3. The van der Waals surface area contributed by atoms with Crippen LogP contribution in [0.3, 0.4) is 0 Å². The normalized spacial score (nSPS) is 11.6. The average molecular weight is 711 g/mol. The van der Waals surface area contributed by atoms with E-state index in [0.29, 0.717) is 16.5 Å². The molecule has 0 aliphatic rings. The second-order valence-electron chi connectivity index (χ2n) is 13.3. The highest BCUT2D eigenvalue weighted by molar-refractivity contribution is 6.30. The summed E-state index contributed by atoms with van der Waals surface area (Å²) in [6.07, 6.45) is 0. The predicted octanol–water partition coefficient (Wildman–Crippen LogP) is 10.6. The highest BCUT2D eigenvalue weighted by Crippen LogP contribution is 2.62. The highest BCUT2D eigenvalue weighted by atomic mass is 16.4. The summed E-state index contributed by atoms with van der Waals surface area (Å²) in [5, 5.41) is 93.5. The third kappa shape index (κ3) is 4.63. The van der Waals surface area contributed by atoms with Crippen LogP contribution in [0.2, 0.25) is 0 Å². The van der Waals surface area contributed by atoms with Gasteiger partial charge in [-0.05, 0) is 61.0 Å². The fourth-order valence-electron chi connectivity index (χ4n) is 7.76. The van der Waals surface area contributed by atoms with E-state index >= 15 is 0 Å². The van der Waals surface area contributed by atoms with E-state index in [1.54, 1.807) is 24.3 Å². The Balaban J connectivity index is 1.42. The van der Waals surface area contributed by atoms with Gasteiger partial charge in [-0.2, -0.15) is 0 Å². The molecule has 0 saturated carbocycles. The Labute approximate surface area is 307 Å². The molecule has 8 nitrogen and oxygen atoms in total. The third-order valence-corrected chi connectivity index (χ3v) is 10.3. The van der Waals surface area contributed by atoms with E-state index in [1.807, 2.05) is 109 Å². The second kappa shape index (κ2) is 12.0. The lowest BCUT2D eigenvalue weighted by Gasteiger charge is -2.23. The quantitative estimate of drug-likeness (QED) is 0.0508. The largest absolute Gasteiger partial charge is 0.504 e. The second-order valence-corrected chi connectivity index (χ2v) is 13.3. The van der Waals surface area contributed by atoms with Gasteiger partial charge in [0, 0.05) is 32.7 Å². The topological polar surface area (TPSA) is 162 Å². The fraction of sp³-hybridized carbons (Fsp3) is 0. The molecule has 0 aliphatic heterocycles. The van der Waals surface area contributed by atoms with Crippen molar-refractivity contribution in [2.45, 2.75) is 0 Å². The number of rotatable bonds is 4. The van der Waals surface area contributed by atoms with Crippen molar-refractivity contribution < 1.29 is 40.9 Å². The monoisotopic (exact) mass is 710 g/mol. The van der Waals surface area contributed by atoms with Crippen LogP contribution in [0.25, 0.3) is 87.6 Å². The Morgan fingerprint density at radius 2 is 0.685 bits per heavy atom. The van der Waals surface area contributed by atoms with Crippen molar-refractivity contribution in [1.29, 1.82) is 0 Å². The molecule has 0 saturated heterocycles. The fourth-order valence-corrected chi connectivity index (χ4v) is 7.76. The molecule has 0 spiro atoms. The lowest BCUT2D eigenvalue weighted by molar-refractivity contribution is 0.350. The summed E-state index contributed by atoms with van der Waals surface area (Å²) >= 11 is 0. The smallest absolute Gasteiger partial charge is 0.204 e. The summed E-state index contributed by atoms with van der Waals surface area (Å²) in [6, 6.07) is 41.7. The molecule has 0 unspecified atom stereocenters. The first kappa shape index (κ1) is 32.3. The van der Waals surface area contributed by atoms with Crippen molar-refractivity contribution in [2.75, 3.05) is 0 Å². The van der Waals surface area contributed by atoms with Crippen molar-refractivity contribution in [2.24, 2.45) is 0 Å². The first-order chi connectivity index (χ1) is 26.2. The summed E-state index contributed by atoms with van der Waals surface area (Å²) in [4.78, 5) is 0. The molecular weight excluding hydrogens is 680 g/mol. The zero-order valence-electron chi connectivity index (χ0n) is 28.3. The highest BCUT2D eigenvalue weighted by Gasteiger charge is 2.32. The molecule has 9 aromatic rings. The summed E-state index contributed by atoms with van der Waals surface area (Å²) in [7, 11) is 0. The molecule has 0 fully saturated rings. The molecule has 0 amide bonds. The van der Waals surface area contributed by atoms with Gasteiger partial charge in [0.15, 0.2) is 23.0 Å². The minimum absolute atomic E-state index is 0.00135. The van der Waals surface area contributed by atoms with Gasteiger partial charge in [0.1, 0.15) is 0 Å². The molecule has 0 atom stereocenters. The molecule has 0 aromatic heterocycles. The van der Waals surface area contributed by atoms with Crippen molar-refractivity contribution in [3.63, 3.8) is 0 Å². The van der Waals surface area contributed by atoms with Gasteiger partial charge < -0.3 is 40.9 Å². The SMILES string of the molecule is Oc1c(O)c(O)c2c(-c3ccc(-c4ccccc4)c4ccccc34)c3c(O)c(O)c(O)c(O)c3c(-c3ccc(-c4ccc5ccccc5c4)cc3)c2c1O. The van der Waals surface area contributed by atoms with Gasteiger partial charge in [0.05, 0.1) is 0 Å². The van der Waals surface area contributed by atoms with Gasteiger partial charge in [-0.15, -0.1) is 0 Å². The van der Waals surface area contributed by atoms with Crippen molar-refractivity contribution in [3.8, 4) is 90.5 Å². The standard InChI is InChI=1S/C46H30O8/c47-39-35-33(26-17-14-24(15-18-26)28-19-16-23-8-4-5-11-27(23)22-28)36-38(42(50)46(54)44(52)40(36)48)34(37(35)41(49)45(53)43(39)51)32-21-20-29(25-9-2-1-3-10-25)30-12-6-7-13-31(30)32/h1-22,47-54H. The molecule has 9 aromatic carbocycles. The number of aromatic hydroxyl groups is 8. The molecule has 9 rings (SSSR count). The van der Waals surface area contributed by atoms with E-state index < -0.39 is 46.0 Å². The Kier molecular flexibility index (Phi) is 7.19. The maximum atomic E-state index is 11.7. The van der Waals surface area contributed by atoms with Crippen LogP contribution in [0.1, 0.15) is 0 Å². The van der Waals surface area contributed by atoms with Gasteiger partial charge >= 0.3 is 0 Å². The van der Waals surface area contributed by atoms with Gasteiger partial charge in [-0.3, -0.25) is 0 Å². The van der Waals surface area contributed by atoms with Crippen LogP contribution in [0.4, 0.5) is 0 Å². The van der Waals surface area contributed by atoms with E-state index in [1.165, 1.54) is 0 Å². The molecule has 0 bridgehead atoms. The summed E-state index contributed by atoms with van der Waals surface area (Å²) < 4.78 is 0. The minimum Gasteiger partial charge on any atom is -0.504 e. The van der Waals surface area contributed by atoms with Crippen LogP contribution < -0.4 is 0 Å². The van der Waals surface area contributed by atoms with E-state index in [9.17, 15) is 40.9 Å². The molecule has 54 heavy (non-hydrogen) atoms. The number of hydrogen-bond acceptors (Lipinski definition) is 8. The van der Waals surface area contributed by atoms with Crippen LogP contribution >= 0.6 is 0 Å². The summed E-state index contributed by atoms with van der Waals surface area (Å²) in [5.74, 6) is -7.37. The van der Waals surface area contributed by atoms with Crippen molar-refractivity contribution >= 4 is 43.1 Å². The predicted molar refractivity (Wildman–Crippen MR) is 212 cm³/mol. The number of fused-ring (bicyclic) bond motifs is 4. The van der Waals surface area contributed by atoms with Crippen LogP contribution in [0.5, 0.6) is 46.0 Å². The maximum absolute atomic E-state index is 11.7. The van der Waals surface area contributed by atoms with Gasteiger partial charge in [-0.1, -0.05) is 127 Å². The zero-order chi connectivity index (χ0) is 37.4. The number of hydrogen-bond donors (Lipinski definition) is 8. The molecule has 262 valence electrons. The summed E-state index contributed by atoms with van der Waals surface area (Å²) in [6.45, 7) is 0. The minimum atomic E-state index is -1.02. The Bertz CT molecular complexity index is 2930. The molecule has 0 aliphatic carbocycles. The van der Waals surface area contributed by atoms with Gasteiger partial charge in [0.25, 0.3) is 0 Å². The number of benzene rings is 9. The van der Waals surface area contributed by atoms with Gasteiger partial charge in [0.2, 0.25) is 23.0 Å². The maximum Gasteiger partial charge on any atom is 0.204 e. The van der Waals surface area contributed by atoms with Crippen LogP contribution in [0, 0.1) is 0 Å². The average Bonchev–Trinajstić information content (AvgIpc) is 3.22. The van der Waals surface area contributed by atoms with Crippen LogP contribution in [-0.4, -0.2) is 40.9 Å². The Hall–Kier alpha value is -7.58. The van der Waals surface area contributed by atoms with Crippen molar-refractivity contribution in [1.82, 2.24) is 0 Å². The van der Waals surface area contributed by atoms with E-state index in [0.717, 1.165) is 38.4 Å². The lowest BCUT2D eigenvalue weighted by Crippen LogP contribution is -1.95. The molecule has 8 N–H and O–H groups in total. The number of phenolic OH excluding ortho intramolecular Hbond substituents is 8. The Morgan fingerprint density at radius 3 is 1.26 bits per heavy atom. The van der Waals surface area contributed by atoms with Crippen molar-refractivity contribution in [3.05, 3.63) is 133 Å². The lowest BCUT2D eigenvalue weighted by atomic mass is 9.81. The van der Waals surface area contributed by atoms with Crippen LogP contribution in [0.15, 0.2) is 133 Å². The first-order valence-electron chi connectivity index (χ1n) is 17.1. The molecule has 8 heteroatoms. The van der Waals surface area contributed by atoms with Crippen LogP contribution in [-0.2, 0) is 0 Å². The van der Waals surface area contributed by atoms with E-state index in [2.05, 4.69) is 0 Å². The first-order valence-corrected chi connectivity index (χ1v) is 17.1. The molecular formula is C46H30O8. The molecule has 0 heterocycles. The summed E-state index contributed by atoms with van der Waals surface area (Å²) in [5.41, 5.74) is 4.24. The van der Waals surface area contributed by atoms with E-state index in [4.69, 9.17) is 0 Å². The van der Waals surface area contributed by atoms with E-state index in [-0.39, 0.29) is 32.7 Å². The molecule has 0 radical (unpaired) electrons. The Morgan fingerprint density at radius 1 is 0.259 bits per heavy atom. The number of phenols is 8. The zero-order valence-corrected chi connectivity index (χ0v) is 28.3.